The average molecular weight is 497 g/mol. The molecule has 0 aliphatic heterocycles. The smallest absolute Gasteiger partial charge is 0.410 e. The third kappa shape index (κ3) is 5.18. The lowest BCUT2D eigenvalue weighted by atomic mass is 9.55. The molecule has 0 unspecified atom stereocenters. The van der Waals surface area contributed by atoms with Crippen molar-refractivity contribution in [1.82, 2.24) is 4.90 Å². The molecule has 6 heteroatoms. The van der Waals surface area contributed by atoms with E-state index in [0.29, 0.717) is 54.1 Å². The van der Waals surface area contributed by atoms with Crippen LogP contribution in [0.1, 0.15) is 76.3 Å². The molecule has 4 nitrogen and oxygen atoms in total. The third-order valence-electron chi connectivity index (χ3n) is 8.43. The summed E-state index contributed by atoms with van der Waals surface area (Å²) in [5.74, 6) is 3.63. The predicted octanol–water partition coefficient (Wildman–Crippen LogP) is 7.00. The number of hydrogen-bond donors (Lipinski definition) is 0. The van der Waals surface area contributed by atoms with Crippen molar-refractivity contribution >= 4 is 29.3 Å². The minimum atomic E-state index is -0.343. The number of carbonyl (C=O) groups excluding carboxylic acids is 1. The molecular weight excluding hydrogens is 457 g/mol. The van der Waals surface area contributed by atoms with Crippen molar-refractivity contribution in [3.8, 4) is 5.75 Å². The predicted molar refractivity (Wildman–Crippen MR) is 135 cm³/mol. The second kappa shape index (κ2) is 10.7. The summed E-state index contributed by atoms with van der Waals surface area (Å²) in [6, 6.07) is 6.29. The summed E-state index contributed by atoms with van der Waals surface area (Å²) in [6.07, 6.45) is 8.32. The molecule has 3 aliphatic carbocycles. The van der Waals surface area contributed by atoms with E-state index >= 15 is 0 Å². The SMILES string of the molecule is CC(C)O[C@H]1CC[C@H]2[C@@H]3CCc4cc(OC(=O)N(CCCl)CCCCl)ccc4[C@H]3CC[C@]12C. The zero-order valence-corrected chi connectivity index (χ0v) is 21.8. The highest BCUT2D eigenvalue weighted by Crippen LogP contribution is 2.61. The van der Waals surface area contributed by atoms with Crippen molar-refractivity contribution in [3.63, 3.8) is 0 Å². The first-order valence-corrected chi connectivity index (χ1v) is 13.8. The summed E-state index contributed by atoms with van der Waals surface area (Å²) in [4.78, 5) is 14.3. The van der Waals surface area contributed by atoms with E-state index in [1.165, 1.54) is 43.2 Å². The topological polar surface area (TPSA) is 38.8 Å². The lowest BCUT2D eigenvalue weighted by Crippen LogP contribution is -2.45. The first kappa shape index (κ1) is 25.1. The molecule has 5 atom stereocenters. The molecule has 0 aromatic heterocycles. The van der Waals surface area contributed by atoms with Crippen LogP contribution in [-0.2, 0) is 11.2 Å². The van der Waals surface area contributed by atoms with E-state index in [4.69, 9.17) is 32.7 Å². The summed E-state index contributed by atoms with van der Waals surface area (Å²) in [5.41, 5.74) is 3.14. The molecule has 184 valence electrons. The molecule has 0 heterocycles. The van der Waals surface area contributed by atoms with Crippen LogP contribution in [0.2, 0.25) is 0 Å². The van der Waals surface area contributed by atoms with E-state index in [2.05, 4.69) is 32.9 Å². The largest absolute Gasteiger partial charge is 0.415 e. The van der Waals surface area contributed by atoms with Crippen LogP contribution in [-0.4, -0.2) is 48.1 Å². The van der Waals surface area contributed by atoms with Crippen LogP contribution in [0.15, 0.2) is 18.2 Å². The molecule has 33 heavy (non-hydrogen) atoms. The first-order valence-electron chi connectivity index (χ1n) is 12.7. The Morgan fingerprint density at radius 2 is 1.97 bits per heavy atom. The lowest BCUT2D eigenvalue weighted by Gasteiger charge is -2.51. The van der Waals surface area contributed by atoms with Crippen molar-refractivity contribution in [2.24, 2.45) is 17.3 Å². The Morgan fingerprint density at radius 3 is 2.70 bits per heavy atom. The molecule has 0 radical (unpaired) electrons. The van der Waals surface area contributed by atoms with Crippen molar-refractivity contribution < 1.29 is 14.3 Å². The Balaban J connectivity index is 1.46. The molecule has 0 N–H and O–H groups in total. The molecule has 2 saturated carbocycles. The Hall–Kier alpha value is -0.970. The van der Waals surface area contributed by atoms with E-state index in [1.54, 1.807) is 4.90 Å². The first-order chi connectivity index (χ1) is 15.9. The van der Waals surface area contributed by atoms with E-state index in [9.17, 15) is 4.79 Å². The van der Waals surface area contributed by atoms with Gasteiger partial charge in [-0.05, 0) is 105 Å². The zero-order valence-electron chi connectivity index (χ0n) is 20.3. The molecule has 4 rings (SSSR count). The van der Waals surface area contributed by atoms with E-state index in [-0.39, 0.29) is 6.09 Å². The minimum absolute atomic E-state index is 0.298. The van der Waals surface area contributed by atoms with Crippen LogP contribution >= 0.6 is 23.2 Å². The number of amides is 1. The molecule has 2 fully saturated rings. The van der Waals surface area contributed by atoms with Gasteiger partial charge < -0.3 is 14.4 Å². The van der Waals surface area contributed by atoms with Gasteiger partial charge >= 0.3 is 6.09 Å². The van der Waals surface area contributed by atoms with Gasteiger partial charge in [-0.15, -0.1) is 23.2 Å². The van der Waals surface area contributed by atoms with Crippen LogP contribution in [0.5, 0.6) is 5.75 Å². The van der Waals surface area contributed by atoms with Gasteiger partial charge in [0.15, 0.2) is 0 Å². The normalized spacial score (nSPS) is 30.5. The number of benzene rings is 1. The van der Waals surface area contributed by atoms with Crippen molar-refractivity contribution in [1.29, 1.82) is 0 Å². The number of fused-ring (bicyclic) bond motifs is 5. The highest BCUT2D eigenvalue weighted by molar-refractivity contribution is 6.18. The third-order valence-corrected chi connectivity index (χ3v) is 8.86. The van der Waals surface area contributed by atoms with Crippen molar-refractivity contribution in [3.05, 3.63) is 29.3 Å². The Morgan fingerprint density at radius 1 is 1.15 bits per heavy atom. The molecule has 1 amide bonds. The number of nitrogens with zero attached hydrogens (tertiary/aromatic N) is 1. The quantitative estimate of drug-likeness (QED) is 0.364. The summed E-state index contributed by atoms with van der Waals surface area (Å²) >= 11 is 11.7. The average Bonchev–Trinajstić information content (AvgIpc) is 3.11. The van der Waals surface area contributed by atoms with Crippen molar-refractivity contribution in [2.75, 3.05) is 24.8 Å². The Bertz CT molecular complexity index is 832. The van der Waals surface area contributed by atoms with E-state index < -0.39 is 0 Å². The highest BCUT2D eigenvalue weighted by atomic mass is 35.5. The Labute approximate surface area is 209 Å². The maximum absolute atomic E-state index is 12.7. The van der Waals surface area contributed by atoms with Gasteiger partial charge in [0, 0.05) is 24.8 Å². The van der Waals surface area contributed by atoms with Crippen LogP contribution in [0.25, 0.3) is 0 Å². The van der Waals surface area contributed by atoms with Gasteiger partial charge in [0.1, 0.15) is 5.75 Å². The van der Waals surface area contributed by atoms with Crippen LogP contribution in [0.3, 0.4) is 0 Å². The van der Waals surface area contributed by atoms with Gasteiger partial charge in [-0.25, -0.2) is 4.79 Å². The van der Waals surface area contributed by atoms with Gasteiger partial charge in [0.05, 0.1) is 12.2 Å². The summed E-state index contributed by atoms with van der Waals surface area (Å²) < 4.78 is 12.1. The number of rotatable bonds is 8. The lowest BCUT2D eigenvalue weighted by molar-refractivity contribution is -0.0860. The van der Waals surface area contributed by atoms with E-state index in [1.807, 2.05) is 6.07 Å². The van der Waals surface area contributed by atoms with Gasteiger partial charge in [0.25, 0.3) is 0 Å². The summed E-state index contributed by atoms with van der Waals surface area (Å²) in [6.45, 7) is 7.84. The highest BCUT2D eigenvalue weighted by Gasteiger charge is 2.55. The number of hydrogen-bond acceptors (Lipinski definition) is 3. The monoisotopic (exact) mass is 495 g/mol. The number of aryl methyl sites for hydroxylation is 1. The summed E-state index contributed by atoms with van der Waals surface area (Å²) in [7, 11) is 0. The van der Waals surface area contributed by atoms with Gasteiger partial charge in [-0.1, -0.05) is 13.0 Å². The molecule has 0 bridgehead atoms. The van der Waals surface area contributed by atoms with Gasteiger partial charge in [0.2, 0.25) is 0 Å². The maximum atomic E-state index is 12.7. The zero-order chi connectivity index (χ0) is 23.6. The molecule has 1 aromatic rings. The molecule has 1 aromatic carbocycles. The number of ether oxygens (including phenoxy) is 2. The fraction of sp³-hybridized carbons (Fsp3) is 0.741. The van der Waals surface area contributed by atoms with Gasteiger partial charge in [-0.2, -0.15) is 0 Å². The standard InChI is InChI=1S/C27H39Cl2NO3/c1-18(2)32-25-10-9-24-23-7-5-19-17-20(33-26(31)30(16-14-29)15-4-13-28)6-8-21(19)22(23)11-12-27(24,25)3/h6,8,17-18,22-25H,4-5,7,9-16H2,1-3H3/t22-,23-,24+,25+,27+/m1/s1. The number of alkyl halides is 2. The van der Waals surface area contributed by atoms with Crippen LogP contribution < -0.4 is 4.74 Å². The number of halogens is 2. The van der Waals surface area contributed by atoms with Crippen LogP contribution in [0.4, 0.5) is 4.79 Å². The fourth-order valence-electron chi connectivity index (χ4n) is 6.94. The fourth-order valence-corrected chi connectivity index (χ4v) is 7.26. The maximum Gasteiger partial charge on any atom is 0.415 e. The number of carbonyl (C=O) groups is 1. The van der Waals surface area contributed by atoms with Crippen molar-refractivity contribution in [2.45, 2.75) is 83.8 Å². The molecular formula is C27H39Cl2NO3. The second-order valence-electron chi connectivity index (χ2n) is 10.7. The molecule has 0 spiro atoms. The summed E-state index contributed by atoms with van der Waals surface area (Å²) in [5, 5.41) is 0. The van der Waals surface area contributed by atoms with Crippen LogP contribution in [0, 0.1) is 17.3 Å². The molecule has 0 saturated heterocycles. The molecule has 3 aliphatic rings. The Kier molecular flexibility index (Phi) is 8.18. The van der Waals surface area contributed by atoms with E-state index in [0.717, 1.165) is 24.7 Å². The van der Waals surface area contributed by atoms with Gasteiger partial charge in [-0.3, -0.25) is 0 Å². The minimum Gasteiger partial charge on any atom is -0.410 e. The second-order valence-corrected chi connectivity index (χ2v) is 11.4.